The molecule has 3 aromatic rings. The number of imidazole rings is 1. The molecular weight excluding hydrogens is 486 g/mol. The summed E-state index contributed by atoms with van der Waals surface area (Å²) in [5.41, 5.74) is 6.03. The Kier molecular flexibility index (Phi) is 7.96. The SMILES string of the molecule is C/C=C/Cn1c(N2CCCC(N)C2)nc2c1c(=O)n(CC(=O)c1ccccc1NC(=O)C(C)C)c(=O)n2C. The molecule has 3 heterocycles. The van der Waals surface area contributed by atoms with Crippen LogP contribution in [0.5, 0.6) is 0 Å². The molecule has 3 N–H and O–H groups in total. The molecule has 0 aliphatic carbocycles. The van der Waals surface area contributed by atoms with Crippen molar-refractivity contribution in [3.05, 3.63) is 62.8 Å². The third-order valence-electron chi connectivity index (χ3n) is 6.79. The van der Waals surface area contributed by atoms with Crippen molar-refractivity contribution in [1.29, 1.82) is 0 Å². The largest absolute Gasteiger partial charge is 0.341 e. The van der Waals surface area contributed by atoms with Gasteiger partial charge in [0.15, 0.2) is 16.9 Å². The second-order valence-electron chi connectivity index (χ2n) is 9.96. The van der Waals surface area contributed by atoms with Crippen LogP contribution in [-0.4, -0.2) is 49.5 Å². The van der Waals surface area contributed by atoms with E-state index in [4.69, 9.17) is 10.7 Å². The minimum atomic E-state index is -0.642. The Labute approximate surface area is 220 Å². The first kappa shape index (κ1) is 27.1. The van der Waals surface area contributed by atoms with E-state index in [0.717, 1.165) is 24.0 Å². The number of para-hydroxylation sites is 1. The van der Waals surface area contributed by atoms with Crippen LogP contribution in [0.3, 0.4) is 0 Å². The van der Waals surface area contributed by atoms with E-state index in [1.54, 1.807) is 49.7 Å². The van der Waals surface area contributed by atoms with E-state index in [1.165, 1.54) is 4.57 Å². The van der Waals surface area contributed by atoms with E-state index in [1.807, 2.05) is 24.0 Å². The van der Waals surface area contributed by atoms with Crippen molar-refractivity contribution in [3.63, 3.8) is 0 Å². The molecule has 38 heavy (non-hydrogen) atoms. The molecule has 202 valence electrons. The Morgan fingerprint density at radius 3 is 2.63 bits per heavy atom. The fraction of sp³-hybridized carbons (Fsp3) is 0.444. The summed E-state index contributed by atoms with van der Waals surface area (Å²) in [5, 5.41) is 2.75. The predicted octanol–water partition coefficient (Wildman–Crippen LogP) is 1.88. The highest BCUT2D eigenvalue weighted by Crippen LogP contribution is 2.23. The molecule has 11 heteroatoms. The Morgan fingerprint density at radius 2 is 1.95 bits per heavy atom. The maximum atomic E-state index is 13.8. The first-order valence-corrected chi connectivity index (χ1v) is 12.9. The highest BCUT2D eigenvalue weighted by Gasteiger charge is 2.27. The summed E-state index contributed by atoms with van der Waals surface area (Å²) < 4.78 is 4.02. The first-order chi connectivity index (χ1) is 18.1. The molecule has 1 unspecified atom stereocenters. The van der Waals surface area contributed by atoms with Crippen molar-refractivity contribution in [2.24, 2.45) is 18.7 Å². The van der Waals surface area contributed by atoms with Gasteiger partial charge in [0.05, 0.1) is 12.2 Å². The van der Waals surface area contributed by atoms with Crippen molar-refractivity contribution in [2.75, 3.05) is 23.3 Å². The second kappa shape index (κ2) is 11.2. The van der Waals surface area contributed by atoms with Gasteiger partial charge in [0.1, 0.15) is 0 Å². The molecule has 2 aromatic heterocycles. The number of nitrogens with two attached hydrogens (primary N) is 1. The van der Waals surface area contributed by atoms with E-state index in [-0.39, 0.29) is 34.6 Å². The Morgan fingerprint density at radius 1 is 1.21 bits per heavy atom. The molecule has 0 radical (unpaired) electrons. The zero-order chi connectivity index (χ0) is 27.6. The van der Waals surface area contributed by atoms with E-state index in [2.05, 4.69) is 5.32 Å². The average molecular weight is 522 g/mol. The number of allylic oxidation sites excluding steroid dienone is 2. The van der Waals surface area contributed by atoms with Crippen LogP contribution >= 0.6 is 0 Å². The standard InChI is InChI=1S/C27H35N7O4/c1-5-6-14-33-22-23(30-26(33)32-13-9-10-18(28)15-32)31(4)27(38)34(25(22)37)16-21(35)19-11-7-8-12-20(19)29-24(36)17(2)3/h5-8,11-12,17-18H,9-10,13-16,28H2,1-4H3,(H,29,36)/b6-5+. The Hall–Kier alpha value is -3.99. The number of amides is 1. The highest BCUT2D eigenvalue weighted by atomic mass is 16.2. The number of piperidine rings is 1. The molecule has 11 nitrogen and oxygen atoms in total. The lowest BCUT2D eigenvalue weighted by Crippen LogP contribution is -2.44. The monoisotopic (exact) mass is 521 g/mol. The Balaban J connectivity index is 1.81. The number of anilines is 2. The molecule has 0 saturated carbocycles. The molecule has 1 saturated heterocycles. The number of carbonyl (C=O) groups is 2. The summed E-state index contributed by atoms with van der Waals surface area (Å²) >= 11 is 0. The molecule has 1 aliphatic heterocycles. The number of rotatable bonds is 8. The molecule has 1 aromatic carbocycles. The quantitative estimate of drug-likeness (QED) is 0.341. The first-order valence-electron chi connectivity index (χ1n) is 12.9. The van der Waals surface area contributed by atoms with Gasteiger partial charge in [-0.2, -0.15) is 4.98 Å². The van der Waals surface area contributed by atoms with Gasteiger partial charge in [-0.1, -0.05) is 38.1 Å². The van der Waals surface area contributed by atoms with E-state index in [9.17, 15) is 19.2 Å². The summed E-state index contributed by atoms with van der Waals surface area (Å²) in [6.45, 7) is 6.62. The number of aromatic nitrogens is 4. The van der Waals surface area contributed by atoms with Crippen molar-refractivity contribution in [2.45, 2.75) is 52.7 Å². The van der Waals surface area contributed by atoms with Crippen LogP contribution in [-0.2, 0) is 24.9 Å². The van der Waals surface area contributed by atoms with Crippen molar-refractivity contribution < 1.29 is 9.59 Å². The van der Waals surface area contributed by atoms with Crippen LogP contribution in [0.1, 0.15) is 44.0 Å². The molecule has 1 atom stereocenters. The van der Waals surface area contributed by atoms with Gasteiger partial charge in [0.25, 0.3) is 5.56 Å². The number of hydrogen-bond acceptors (Lipinski definition) is 7. The maximum absolute atomic E-state index is 13.8. The Bertz CT molecular complexity index is 1510. The zero-order valence-electron chi connectivity index (χ0n) is 22.3. The minimum Gasteiger partial charge on any atom is -0.341 e. The van der Waals surface area contributed by atoms with E-state index < -0.39 is 23.6 Å². The number of aryl methyl sites for hydroxylation is 1. The molecular formula is C27H35N7O4. The van der Waals surface area contributed by atoms with Crippen molar-refractivity contribution in [3.8, 4) is 0 Å². The normalized spacial score (nSPS) is 16.1. The van der Waals surface area contributed by atoms with Gasteiger partial charge in [-0.25, -0.2) is 4.79 Å². The van der Waals surface area contributed by atoms with Gasteiger partial charge in [-0.15, -0.1) is 0 Å². The number of ketones is 1. The van der Waals surface area contributed by atoms with Crippen LogP contribution in [0.4, 0.5) is 11.6 Å². The number of carbonyl (C=O) groups excluding carboxylic acids is 2. The van der Waals surface area contributed by atoms with Crippen molar-refractivity contribution >= 4 is 34.5 Å². The maximum Gasteiger partial charge on any atom is 0.332 e. The molecule has 1 amide bonds. The number of fused-ring (bicyclic) bond motifs is 1. The smallest absolute Gasteiger partial charge is 0.332 e. The van der Waals surface area contributed by atoms with Crippen LogP contribution in [0.25, 0.3) is 11.2 Å². The summed E-state index contributed by atoms with van der Waals surface area (Å²) in [6.07, 6.45) is 5.60. The third-order valence-corrected chi connectivity index (χ3v) is 6.79. The number of benzene rings is 1. The van der Waals surface area contributed by atoms with Crippen LogP contribution in [0.15, 0.2) is 46.0 Å². The van der Waals surface area contributed by atoms with Gasteiger partial charge in [-0.3, -0.25) is 23.5 Å². The van der Waals surface area contributed by atoms with Crippen molar-refractivity contribution in [1.82, 2.24) is 18.7 Å². The topological polar surface area (TPSA) is 137 Å². The average Bonchev–Trinajstić information content (AvgIpc) is 3.28. The van der Waals surface area contributed by atoms with E-state index >= 15 is 0 Å². The molecule has 0 bridgehead atoms. The fourth-order valence-electron chi connectivity index (χ4n) is 4.66. The number of nitrogens with one attached hydrogen (secondary N) is 1. The molecule has 1 aliphatic rings. The lowest BCUT2D eigenvalue weighted by atomic mass is 10.1. The summed E-state index contributed by atoms with van der Waals surface area (Å²) in [7, 11) is 1.54. The number of nitrogens with zero attached hydrogens (tertiary/aromatic N) is 5. The summed E-state index contributed by atoms with van der Waals surface area (Å²) in [5.74, 6) is -0.412. The summed E-state index contributed by atoms with van der Waals surface area (Å²) in [4.78, 5) is 59.4. The number of Topliss-reactive ketones (excluding diaryl/α,β-unsaturated/α-hetero) is 1. The van der Waals surface area contributed by atoms with Gasteiger partial charge in [-0.05, 0) is 31.9 Å². The predicted molar refractivity (Wildman–Crippen MR) is 148 cm³/mol. The zero-order valence-corrected chi connectivity index (χ0v) is 22.3. The fourth-order valence-corrected chi connectivity index (χ4v) is 4.66. The third kappa shape index (κ3) is 5.19. The lowest BCUT2D eigenvalue weighted by molar-refractivity contribution is -0.118. The van der Waals surface area contributed by atoms with Crippen LogP contribution in [0, 0.1) is 5.92 Å². The summed E-state index contributed by atoms with van der Waals surface area (Å²) in [6, 6.07) is 6.56. The highest BCUT2D eigenvalue weighted by molar-refractivity contribution is 6.05. The van der Waals surface area contributed by atoms with Gasteiger partial charge in [0, 0.05) is 44.2 Å². The minimum absolute atomic E-state index is 0.00640. The molecule has 1 fully saturated rings. The lowest BCUT2D eigenvalue weighted by Gasteiger charge is -2.31. The van der Waals surface area contributed by atoms with Gasteiger partial charge >= 0.3 is 5.69 Å². The van der Waals surface area contributed by atoms with Gasteiger partial charge in [0.2, 0.25) is 11.9 Å². The van der Waals surface area contributed by atoms with E-state index in [0.29, 0.717) is 24.7 Å². The van der Waals surface area contributed by atoms with Gasteiger partial charge < -0.3 is 20.5 Å². The second-order valence-corrected chi connectivity index (χ2v) is 9.96. The van der Waals surface area contributed by atoms with Crippen LogP contribution < -0.4 is 27.2 Å². The molecule has 0 spiro atoms. The number of hydrogen-bond donors (Lipinski definition) is 2. The van der Waals surface area contributed by atoms with Crippen LogP contribution in [0.2, 0.25) is 0 Å². The molecule has 4 rings (SSSR count).